The van der Waals surface area contributed by atoms with Gasteiger partial charge in [-0.15, -0.1) is 10.2 Å². The van der Waals surface area contributed by atoms with Crippen molar-refractivity contribution in [1.29, 1.82) is 0 Å². The number of carbonyl (C=O) groups excluding carboxylic acids is 1. The molecule has 0 aliphatic heterocycles. The quantitative estimate of drug-likeness (QED) is 0.374. The second-order valence-corrected chi connectivity index (χ2v) is 9.80. The molecule has 1 aliphatic carbocycles. The molecule has 0 radical (unpaired) electrons. The van der Waals surface area contributed by atoms with Gasteiger partial charge in [0.1, 0.15) is 5.82 Å². The summed E-state index contributed by atoms with van der Waals surface area (Å²) in [5, 5.41) is 10.1. The van der Waals surface area contributed by atoms with Gasteiger partial charge < -0.3 is 4.57 Å². The monoisotopic (exact) mass is 449 g/mol. The molecule has 2 aromatic heterocycles. The summed E-state index contributed by atoms with van der Waals surface area (Å²) in [6, 6.07) is 16.2. The number of thiazole rings is 1. The molecular weight excluding hydrogens is 426 g/mol. The highest BCUT2D eigenvalue weighted by Crippen LogP contribution is 2.39. The number of anilines is 1. The van der Waals surface area contributed by atoms with Gasteiger partial charge in [0.15, 0.2) is 10.3 Å². The molecule has 1 saturated carbocycles. The van der Waals surface area contributed by atoms with E-state index in [-0.39, 0.29) is 5.91 Å². The Kier molecular flexibility index (Phi) is 5.50. The van der Waals surface area contributed by atoms with E-state index in [1.807, 2.05) is 48.0 Å². The van der Waals surface area contributed by atoms with E-state index in [2.05, 4.69) is 29.3 Å². The van der Waals surface area contributed by atoms with Crippen LogP contribution in [0, 0.1) is 6.92 Å². The molecule has 6 nitrogen and oxygen atoms in total. The summed E-state index contributed by atoms with van der Waals surface area (Å²) in [7, 11) is 1.98. The third-order valence-electron chi connectivity index (χ3n) is 5.46. The molecule has 158 valence electrons. The summed E-state index contributed by atoms with van der Waals surface area (Å²) in [5.41, 5.74) is 3.16. The van der Waals surface area contributed by atoms with Crippen LogP contribution >= 0.6 is 23.1 Å². The van der Waals surface area contributed by atoms with Crippen molar-refractivity contribution in [2.24, 2.45) is 7.05 Å². The van der Waals surface area contributed by atoms with Crippen LogP contribution in [0.3, 0.4) is 0 Å². The molecule has 4 aromatic rings. The highest BCUT2D eigenvalue weighted by atomic mass is 32.2. The lowest BCUT2D eigenvalue weighted by atomic mass is 10.2. The molecule has 8 heteroatoms. The molecule has 2 heterocycles. The van der Waals surface area contributed by atoms with E-state index in [9.17, 15) is 4.79 Å². The van der Waals surface area contributed by atoms with E-state index >= 15 is 0 Å². The number of rotatable bonds is 7. The first kappa shape index (κ1) is 20.2. The Balaban J connectivity index is 1.40. The van der Waals surface area contributed by atoms with Gasteiger partial charge in [-0.25, -0.2) is 4.98 Å². The van der Waals surface area contributed by atoms with Crippen LogP contribution in [0.5, 0.6) is 0 Å². The number of nitrogens with zero attached hydrogens (tertiary/aromatic N) is 5. The van der Waals surface area contributed by atoms with Crippen LogP contribution in [0.15, 0.2) is 53.7 Å². The van der Waals surface area contributed by atoms with Crippen LogP contribution in [0.25, 0.3) is 10.2 Å². The van der Waals surface area contributed by atoms with E-state index in [1.165, 1.54) is 24.6 Å². The van der Waals surface area contributed by atoms with E-state index < -0.39 is 0 Å². The molecular formula is C23H23N5OS2. The van der Waals surface area contributed by atoms with Crippen LogP contribution < -0.4 is 4.90 Å². The van der Waals surface area contributed by atoms with Crippen molar-refractivity contribution in [3.8, 4) is 0 Å². The minimum atomic E-state index is 0.0153. The molecule has 0 N–H and O–H groups in total. The van der Waals surface area contributed by atoms with E-state index in [0.717, 1.165) is 37.5 Å². The van der Waals surface area contributed by atoms with Gasteiger partial charge >= 0.3 is 0 Å². The second kappa shape index (κ2) is 8.43. The van der Waals surface area contributed by atoms with Gasteiger partial charge in [-0.1, -0.05) is 65.6 Å². The Morgan fingerprint density at radius 2 is 1.97 bits per heavy atom. The Bertz CT molecular complexity index is 1230. The number of thioether (sulfide) groups is 1. The number of fused-ring (bicyclic) bond motifs is 1. The summed E-state index contributed by atoms with van der Waals surface area (Å²) in [4.78, 5) is 20.0. The number of amides is 1. The third-order valence-corrected chi connectivity index (χ3v) is 7.51. The van der Waals surface area contributed by atoms with E-state index in [4.69, 9.17) is 4.98 Å². The maximum atomic E-state index is 13.4. The summed E-state index contributed by atoms with van der Waals surface area (Å²) in [5.74, 6) is 1.86. The van der Waals surface area contributed by atoms with Gasteiger partial charge in [0.05, 0.1) is 22.5 Å². The zero-order valence-electron chi connectivity index (χ0n) is 17.5. The van der Waals surface area contributed by atoms with Gasteiger partial charge in [-0.2, -0.15) is 0 Å². The van der Waals surface area contributed by atoms with Gasteiger partial charge in [0.25, 0.3) is 0 Å². The first-order chi connectivity index (χ1) is 15.1. The Labute approximate surface area is 189 Å². The van der Waals surface area contributed by atoms with Crippen molar-refractivity contribution in [1.82, 2.24) is 19.7 Å². The maximum absolute atomic E-state index is 13.4. The molecule has 0 spiro atoms. The van der Waals surface area contributed by atoms with Crippen molar-refractivity contribution in [2.45, 2.75) is 37.4 Å². The third kappa shape index (κ3) is 4.22. The second-order valence-electron chi connectivity index (χ2n) is 7.85. The molecule has 0 unspecified atom stereocenters. The Morgan fingerprint density at radius 1 is 1.16 bits per heavy atom. The van der Waals surface area contributed by atoms with Gasteiger partial charge in [-0.05, 0) is 37.0 Å². The molecule has 1 aliphatic rings. The van der Waals surface area contributed by atoms with Gasteiger partial charge in [-0.3, -0.25) is 9.69 Å². The summed E-state index contributed by atoms with van der Waals surface area (Å²) in [6.07, 6.45) is 2.36. The van der Waals surface area contributed by atoms with Crippen molar-refractivity contribution in [2.75, 3.05) is 10.7 Å². The molecule has 2 aromatic carbocycles. The van der Waals surface area contributed by atoms with Gasteiger partial charge in [0, 0.05) is 13.0 Å². The topological polar surface area (TPSA) is 63.9 Å². The smallest absolute Gasteiger partial charge is 0.239 e. The largest absolute Gasteiger partial charge is 0.309 e. The van der Waals surface area contributed by atoms with Crippen LogP contribution in [0.4, 0.5) is 5.13 Å². The van der Waals surface area contributed by atoms with Crippen molar-refractivity contribution < 1.29 is 4.79 Å². The number of aryl methyl sites for hydroxylation is 1. The molecule has 1 amide bonds. The first-order valence-electron chi connectivity index (χ1n) is 10.3. The fourth-order valence-corrected chi connectivity index (χ4v) is 5.43. The lowest BCUT2D eigenvalue weighted by molar-refractivity contribution is -0.116. The predicted molar refractivity (Wildman–Crippen MR) is 126 cm³/mol. The number of hydrogen-bond donors (Lipinski definition) is 0. The minimum Gasteiger partial charge on any atom is -0.309 e. The molecule has 0 saturated heterocycles. The van der Waals surface area contributed by atoms with Crippen LogP contribution in [0.1, 0.15) is 35.7 Å². The molecule has 1 fully saturated rings. The summed E-state index contributed by atoms with van der Waals surface area (Å²) < 4.78 is 3.12. The predicted octanol–water partition coefficient (Wildman–Crippen LogP) is 4.94. The summed E-state index contributed by atoms with van der Waals surface area (Å²) in [6.45, 7) is 2.54. The average molecular weight is 450 g/mol. The van der Waals surface area contributed by atoms with Crippen molar-refractivity contribution in [3.63, 3.8) is 0 Å². The van der Waals surface area contributed by atoms with Crippen molar-refractivity contribution >= 4 is 44.4 Å². The lowest BCUT2D eigenvalue weighted by Crippen LogP contribution is -2.32. The van der Waals surface area contributed by atoms with Crippen molar-refractivity contribution in [3.05, 3.63) is 65.5 Å². The molecule has 0 atom stereocenters. The molecule has 0 bridgehead atoms. The molecule has 5 rings (SSSR count). The van der Waals surface area contributed by atoms with Crippen LogP contribution in [0.2, 0.25) is 0 Å². The average Bonchev–Trinajstić information content (AvgIpc) is 3.41. The van der Waals surface area contributed by atoms with Gasteiger partial charge in [0.2, 0.25) is 5.91 Å². The highest BCUT2D eigenvalue weighted by molar-refractivity contribution is 7.99. The standard InChI is InChI=1S/C23H23N5OS2/c1-15-7-6-10-18-20(15)24-22(31-18)28(13-16-8-4-3-5-9-16)19(29)14-30-23-26-25-21(27(23)2)17-11-12-17/h3-10,17H,11-14H2,1-2H3. The number of hydrogen-bond acceptors (Lipinski definition) is 6. The van der Waals surface area contributed by atoms with E-state index in [1.54, 1.807) is 16.2 Å². The highest BCUT2D eigenvalue weighted by Gasteiger charge is 2.29. The molecule has 31 heavy (non-hydrogen) atoms. The minimum absolute atomic E-state index is 0.0153. The Hall–Kier alpha value is -2.71. The number of para-hydroxylation sites is 1. The fraction of sp³-hybridized carbons (Fsp3) is 0.304. The number of benzene rings is 2. The first-order valence-corrected chi connectivity index (χ1v) is 12.1. The number of carbonyl (C=O) groups is 1. The van der Waals surface area contributed by atoms with Crippen LogP contribution in [-0.2, 0) is 18.4 Å². The maximum Gasteiger partial charge on any atom is 0.239 e. The van der Waals surface area contributed by atoms with Crippen LogP contribution in [-0.4, -0.2) is 31.4 Å². The summed E-state index contributed by atoms with van der Waals surface area (Å²) >= 11 is 3.00. The normalized spacial score (nSPS) is 13.6. The number of aromatic nitrogens is 4. The zero-order chi connectivity index (χ0) is 21.4. The zero-order valence-corrected chi connectivity index (χ0v) is 19.1. The fourth-order valence-electron chi connectivity index (χ4n) is 3.57. The SMILES string of the molecule is Cc1cccc2sc(N(Cc3ccccc3)C(=O)CSc3nnc(C4CC4)n3C)nc12. The van der Waals surface area contributed by atoms with E-state index in [0.29, 0.717) is 18.2 Å². The lowest BCUT2D eigenvalue weighted by Gasteiger charge is -2.20. The Morgan fingerprint density at radius 3 is 2.71 bits per heavy atom.